The lowest BCUT2D eigenvalue weighted by molar-refractivity contribution is -0.137. The first kappa shape index (κ1) is 21.0. The van der Waals surface area contributed by atoms with E-state index in [1.807, 2.05) is 0 Å². The van der Waals surface area contributed by atoms with Gasteiger partial charge in [0.1, 0.15) is 12.4 Å². The van der Waals surface area contributed by atoms with Crippen LogP contribution in [-0.2, 0) is 12.8 Å². The van der Waals surface area contributed by atoms with Gasteiger partial charge in [0.05, 0.1) is 10.6 Å². The number of nitrogens with one attached hydrogen (secondary N) is 1. The van der Waals surface area contributed by atoms with Crippen LogP contribution in [0.1, 0.15) is 21.5 Å². The smallest absolute Gasteiger partial charge is 0.417 e. The highest BCUT2D eigenvalue weighted by Gasteiger charge is 2.33. The molecule has 1 amide bonds. The Hall–Kier alpha value is -2.70. The van der Waals surface area contributed by atoms with Gasteiger partial charge in [0.2, 0.25) is 0 Å². The number of carbonyl (C=O) groups excluding carboxylic acids is 1. The standard InChI is InChI=1S/C21H14Cl2F3NO2/c22-15-5-8-17(9-6-15)29-12-13-1-3-14(4-2-13)20(28)27-16-7-10-19(23)18(11-16)21(24,25)26/h1-11H,12H2,(H,27,28). The SMILES string of the molecule is O=C(Nc1ccc(Cl)c(C(F)(F)F)c1)c1ccc(COc2ccc(Cl)cc2)cc1. The van der Waals surface area contributed by atoms with Crippen LogP contribution in [0.3, 0.4) is 0 Å². The van der Waals surface area contributed by atoms with E-state index in [0.29, 0.717) is 16.3 Å². The van der Waals surface area contributed by atoms with Crippen LogP contribution >= 0.6 is 23.2 Å². The molecular formula is C21H14Cl2F3NO2. The minimum absolute atomic E-state index is 0.00173. The number of anilines is 1. The quantitative estimate of drug-likeness (QED) is 0.472. The fraction of sp³-hybridized carbons (Fsp3) is 0.0952. The molecule has 1 N–H and O–H groups in total. The monoisotopic (exact) mass is 439 g/mol. The fourth-order valence-corrected chi connectivity index (χ4v) is 2.82. The maximum absolute atomic E-state index is 12.9. The number of carbonyl (C=O) groups is 1. The van der Waals surface area contributed by atoms with Crippen molar-refractivity contribution in [3.63, 3.8) is 0 Å². The average molecular weight is 440 g/mol. The highest BCUT2D eigenvalue weighted by Crippen LogP contribution is 2.36. The Bertz CT molecular complexity index is 1000. The number of amides is 1. The van der Waals surface area contributed by atoms with Crippen LogP contribution in [0.2, 0.25) is 10.0 Å². The second-order valence-corrected chi connectivity index (χ2v) is 6.93. The summed E-state index contributed by atoms with van der Waals surface area (Å²) in [4.78, 5) is 12.3. The molecule has 0 fully saturated rings. The largest absolute Gasteiger partial charge is 0.489 e. The van der Waals surface area contributed by atoms with E-state index in [1.54, 1.807) is 48.5 Å². The molecule has 0 bridgehead atoms. The third-order valence-electron chi connectivity index (χ3n) is 3.96. The number of benzene rings is 3. The van der Waals surface area contributed by atoms with Crippen LogP contribution in [0, 0.1) is 0 Å². The molecule has 0 saturated heterocycles. The van der Waals surface area contributed by atoms with Gasteiger partial charge in [0.15, 0.2) is 0 Å². The lowest BCUT2D eigenvalue weighted by atomic mass is 10.1. The van der Waals surface area contributed by atoms with Crippen molar-refractivity contribution in [1.82, 2.24) is 0 Å². The molecule has 0 aliphatic heterocycles. The van der Waals surface area contributed by atoms with Crippen LogP contribution < -0.4 is 10.1 Å². The zero-order valence-corrected chi connectivity index (χ0v) is 16.3. The van der Waals surface area contributed by atoms with E-state index in [2.05, 4.69) is 5.32 Å². The summed E-state index contributed by atoms with van der Waals surface area (Å²) in [6, 6.07) is 16.7. The van der Waals surface area contributed by atoms with Gasteiger partial charge in [-0.15, -0.1) is 0 Å². The molecular weight excluding hydrogens is 426 g/mol. The van der Waals surface area contributed by atoms with E-state index in [4.69, 9.17) is 27.9 Å². The van der Waals surface area contributed by atoms with E-state index < -0.39 is 22.7 Å². The lowest BCUT2D eigenvalue weighted by Crippen LogP contribution is -2.13. The molecule has 3 nitrogen and oxygen atoms in total. The second kappa shape index (κ2) is 8.76. The van der Waals surface area contributed by atoms with E-state index in [1.165, 1.54) is 6.07 Å². The van der Waals surface area contributed by atoms with Gasteiger partial charge in [-0.2, -0.15) is 13.2 Å². The molecule has 3 rings (SSSR count). The third kappa shape index (κ3) is 5.65. The van der Waals surface area contributed by atoms with Crippen LogP contribution in [0.25, 0.3) is 0 Å². The van der Waals surface area contributed by atoms with Crippen LogP contribution in [0.4, 0.5) is 18.9 Å². The van der Waals surface area contributed by atoms with Crippen LogP contribution in [-0.4, -0.2) is 5.91 Å². The van der Waals surface area contributed by atoms with Crippen molar-refractivity contribution < 1.29 is 22.7 Å². The maximum Gasteiger partial charge on any atom is 0.417 e. The zero-order valence-electron chi connectivity index (χ0n) is 14.8. The molecule has 0 spiro atoms. The summed E-state index contributed by atoms with van der Waals surface area (Å²) in [7, 11) is 0. The van der Waals surface area contributed by atoms with Crippen LogP contribution in [0.5, 0.6) is 5.75 Å². The number of ether oxygens (including phenoxy) is 1. The molecule has 0 aliphatic rings. The molecule has 29 heavy (non-hydrogen) atoms. The molecule has 8 heteroatoms. The summed E-state index contributed by atoms with van der Waals surface area (Å²) in [5.74, 6) is 0.116. The Morgan fingerprint density at radius 3 is 2.21 bits per heavy atom. The predicted molar refractivity (Wildman–Crippen MR) is 107 cm³/mol. The number of hydrogen-bond acceptors (Lipinski definition) is 2. The van der Waals surface area contributed by atoms with Crippen molar-refractivity contribution in [3.8, 4) is 5.75 Å². The lowest BCUT2D eigenvalue weighted by Gasteiger charge is -2.12. The van der Waals surface area contributed by atoms with Gasteiger partial charge in [0.25, 0.3) is 5.91 Å². The van der Waals surface area contributed by atoms with Crippen molar-refractivity contribution >= 4 is 34.8 Å². The van der Waals surface area contributed by atoms with Crippen molar-refractivity contribution in [2.45, 2.75) is 12.8 Å². The third-order valence-corrected chi connectivity index (χ3v) is 4.55. The molecule has 0 radical (unpaired) electrons. The number of alkyl halides is 3. The first-order valence-electron chi connectivity index (χ1n) is 8.38. The maximum atomic E-state index is 12.9. The van der Waals surface area contributed by atoms with Gasteiger partial charge in [-0.05, 0) is 60.2 Å². The second-order valence-electron chi connectivity index (χ2n) is 6.09. The molecule has 3 aromatic rings. The van der Waals surface area contributed by atoms with Crippen molar-refractivity contribution in [3.05, 3.63) is 93.5 Å². The first-order chi connectivity index (χ1) is 13.7. The number of rotatable bonds is 5. The van der Waals surface area contributed by atoms with Crippen molar-refractivity contribution in [2.24, 2.45) is 0 Å². The van der Waals surface area contributed by atoms with E-state index in [0.717, 1.165) is 17.7 Å². The number of hydrogen-bond donors (Lipinski definition) is 1. The van der Waals surface area contributed by atoms with Gasteiger partial charge < -0.3 is 10.1 Å². The summed E-state index contributed by atoms with van der Waals surface area (Å²) in [5.41, 5.74) is 0.111. The highest BCUT2D eigenvalue weighted by atomic mass is 35.5. The average Bonchev–Trinajstić information content (AvgIpc) is 2.68. The molecule has 0 aliphatic carbocycles. The molecule has 0 unspecified atom stereocenters. The van der Waals surface area contributed by atoms with Gasteiger partial charge in [-0.1, -0.05) is 35.3 Å². The molecule has 0 saturated carbocycles. The van der Waals surface area contributed by atoms with Gasteiger partial charge >= 0.3 is 6.18 Å². The van der Waals surface area contributed by atoms with Gasteiger partial charge in [-0.25, -0.2) is 0 Å². The summed E-state index contributed by atoms with van der Waals surface area (Å²) in [6.45, 7) is 0.287. The minimum atomic E-state index is -4.61. The van der Waals surface area contributed by atoms with E-state index >= 15 is 0 Å². The van der Waals surface area contributed by atoms with Crippen LogP contribution in [0.15, 0.2) is 66.7 Å². The molecule has 3 aromatic carbocycles. The summed E-state index contributed by atoms with van der Waals surface area (Å²) < 4.78 is 44.4. The molecule has 0 aromatic heterocycles. The minimum Gasteiger partial charge on any atom is -0.489 e. The normalized spacial score (nSPS) is 11.2. The Morgan fingerprint density at radius 2 is 1.59 bits per heavy atom. The Morgan fingerprint density at radius 1 is 0.931 bits per heavy atom. The Labute approximate surface area is 175 Å². The summed E-state index contributed by atoms with van der Waals surface area (Å²) >= 11 is 11.4. The predicted octanol–water partition coefficient (Wildman–Crippen LogP) is 6.84. The van der Waals surface area contributed by atoms with E-state index in [9.17, 15) is 18.0 Å². The molecule has 0 atom stereocenters. The van der Waals surface area contributed by atoms with Crippen molar-refractivity contribution in [2.75, 3.05) is 5.32 Å². The molecule has 0 heterocycles. The molecule has 150 valence electrons. The summed E-state index contributed by atoms with van der Waals surface area (Å²) in [6.07, 6.45) is -4.61. The zero-order chi connectivity index (χ0) is 21.0. The topological polar surface area (TPSA) is 38.3 Å². The van der Waals surface area contributed by atoms with E-state index in [-0.39, 0.29) is 12.3 Å². The highest BCUT2D eigenvalue weighted by molar-refractivity contribution is 6.31. The van der Waals surface area contributed by atoms with Gasteiger partial charge in [-0.3, -0.25) is 4.79 Å². The Balaban J connectivity index is 1.64. The number of halogens is 5. The Kier molecular flexibility index (Phi) is 6.35. The first-order valence-corrected chi connectivity index (χ1v) is 9.13. The van der Waals surface area contributed by atoms with Crippen molar-refractivity contribution in [1.29, 1.82) is 0 Å². The fourth-order valence-electron chi connectivity index (χ4n) is 2.47. The summed E-state index contributed by atoms with van der Waals surface area (Å²) in [5, 5.41) is 2.62. The van der Waals surface area contributed by atoms with Gasteiger partial charge in [0, 0.05) is 16.3 Å².